The molecule has 1 aromatic carbocycles. The first-order chi connectivity index (χ1) is 12.4. The molecule has 0 spiro atoms. The Morgan fingerprint density at radius 2 is 2.04 bits per heavy atom. The lowest BCUT2D eigenvalue weighted by atomic mass is 10.1. The van der Waals surface area contributed by atoms with Crippen molar-refractivity contribution in [3.63, 3.8) is 0 Å². The Balaban J connectivity index is 0.00000261. The molecule has 0 bridgehead atoms. The number of hydrogen-bond acceptors (Lipinski definition) is 3. The van der Waals surface area contributed by atoms with E-state index in [0.717, 1.165) is 29.4 Å². The molecule has 8 heteroatoms. The predicted octanol–water partition coefficient (Wildman–Crippen LogP) is 3.93. The molecule has 1 saturated heterocycles. The third kappa shape index (κ3) is 7.09. The predicted molar refractivity (Wildman–Crippen MR) is 123 cm³/mol. The topological polar surface area (TPSA) is 70.6 Å². The van der Waals surface area contributed by atoms with Crippen LogP contribution in [0.5, 0.6) is 0 Å². The summed E-state index contributed by atoms with van der Waals surface area (Å²) in [7, 11) is -2.86. The van der Waals surface area contributed by atoms with Gasteiger partial charge < -0.3 is 10.6 Å². The average molecular weight is 526 g/mol. The number of rotatable bonds is 5. The van der Waals surface area contributed by atoms with Crippen molar-refractivity contribution >= 4 is 51.4 Å². The molecule has 2 atom stereocenters. The molecule has 152 valence electrons. The van der Waals surface area contributed by atoms with Gasteiger partial charge in [-0.2, -0.15) is 0 Å². The average Bonchev–Trinajstić information content (AvgIpc) is 3.21. The number of hydrogen-bond donors (Lipinski definition) is 2. The molecule has 5 nitrogen and oxygen atoms in total. The maximum Gasteiger partial charge on any atom is 0.191 e. The first kappa shape index (κ1) is 22.7. The normalized spacial score (nSPS) is 23.6. The Morgan fingerprint density at radius 1 is 1.30 bits per heavy atom. The van der Waals surface area contributed by atoms with Crippen LogP contribution in [-0.2, 0) is 9.84 Å². The monoisotopic (exact) mass is 525 g/mol. The fraction of sp³-hybridized carbons (Fsp3) is 0.632. The zero-order valence-electron chi connectivity index (χ0n) is 15.7. The van der Waals surface area contributed by atoms with Crippen LogP contribution in [0.15, 0.2) is 29.3 Å². The molecule has 1 aliphatic carbocycles. The SMILES string of the molecule is CC(NC(=NCC1CCS(=O)(=O)C1)NC1CCCC1)c1cccc(Cl)c1.I. The minimum atomic E-state index is -2.86. The second-order valence-corrected chi connectivity index (χ2v) is 10.2. The Bertz CT molecular complexity index is 751. The molecular weight excluding hydrogens is 497 g/mol. The highest BCUT2D eigenvalue weighted by molar-refractivity contribution is 14.0. The van der Waals surface area contributed by atoms with Crippen molar-refractivity contribution in [1.29, 1.82) is 0 Å². The summed E-state index contributed by atoms with van der Waals surface area (Å²) in [6, 6.07) is 8.31. The molecule has 1 aromatic rings. The summed E-state index contributed by atoms with van der Waals surface area (Å²) in [5, 5.41) is 7.71. The van der Waals surface area contributed by atoms with Gasteiger partial charge in [-0.25, -0.2) is 8.42 Å². The third-order valence-corrected chi connectivity index (χ3v) is 7.30. The van der Waals surface area contributed by atoms with Crippen LogP contribution in [0.1, 0.15) is 50.6 Å². The lowest BCUT2D eigenvalue weighted by Gasteiger charge is -2.22. The van der Waals surface area contributed by atoms with Crippen molar-refractivity contribution in [3.05, 3.63) is 34.9 Å². The van der Waals surface area contributed by atoms with E-state index in [1.165, 1.54) is 12.8 Å². The molecule has 1 saturated carbocycles. The van der Waals surface area contributed by atoms with Crippen LogP contribution < -0.4 is 10.6 Å². The van der Waals surface area contributed by atoms with Crippen molar-refractivity contribution in [2.75, 3.05) is 18.1 Å². The van der Waals surface area contributed by atoms with E-state index in [1.807, 2.05) is 24.3 Å². The van der Waals surface area contributed by atoms with Gasteiger partial charge in [-0.15, -0.1) is 24.0 Å². The van der Waals surface area contributed by atoms with Crippen LogP contribution in [0, 0.1) is 5.92 Å². The van der Waals surface area contributed by atoms with E-state index >= 15 is 0 Å². The van der Waals surface area contributed by atoms with Gasteiger partial charge in [0.1, 0.15) is 0 Å². The number of benzene rings is 1. The highest BCUT2D eigenvalue weighted by Crippen LogP contribution is 2.21. The van der Waals surface area contributed by atoms with E-state index in [0.29, 0.717) is 24.8 Å². The summed E-state index contributed by atoms with van der Waals surface area (Å²) in [6.45, 7) is 2.63. The number of guanidine groups is 1. The quantitative estimate of drug-likeness (QED) is 0.347. The molecule has 0 amide bonds. The Labute approximate surface area is 184 Å². The van der Waals surface area contributed by atoms with Gasteiger partial charge in [0.05, 0.1) is 17.5 Å². The van der Waals surface area contributed by atoms with Gasteiger partial charge in [-0.05, 0) is 49.8 Å². The van der Waals surface area contributed by atoms with E-state index in [-0.39, 0.29) is 41.7 Å². The fourth-order valence-corrected chi connectivity index (χ4v) is 5.75. The molecule has 1 heterocycles. The standard InChI is InChI=1S/C19H28ClN3O2S.HI/c1-14(16-5-4-6-17(20)11-16)22-19(23-18-7-2-3-8-18)21-12-15-9-10-26(24,25)13-15;/h4-6,11,14-15,18H,2-3,7-10,12-13H2,1H3,(H2,21,22,23);1H. The molecule has 0 radical (unpaired) electrons. The molecule has 2 N–H and O–H groups in total. The number of nitrogens with one attached hydrogen (secondary N) is 2. The van der Waals surface area contributed by atoms with Gasteiger partial charge in [0.25, 0.3) is 0 Å². The Morgan fingerprint density at radius 3 is 2.67 bits per heavy atom. The van der Waals surface area contributed by atoms with E-state index < -0.39 is 9.84 Å². The van der Waals surface area contributed by atoms with Crippen LogP contribution in [0.4, 0.5) is 0 Å². The van der Waals surface area contributed by atoms with Crippen molar-refractivity contribution in [2.45, 2.75) is 51.1 Å². The molecule has 2 unspecified atom stereocenters. The summed E-state index contributed by atoms with van der Waals surface area (Å²) >= 11 is 6.11. The van der Waals surface area contributed by atoms with Crippen molar-refractivity contribution < 1.29 is 8.42 Å². The lowest BCUT2D eigenvalue weighted by molar-refractivity contribution is 0.572. The number of halogens is 2. The maximum atomic E-state index is 11.7. The minimum absolute atomic E-state index is 0. The highest BCUT2D eigenvalue weighted by atomic mass is 127. The summed E-state index contributed by atoms with van der Waals surface area (Å²) in [4.78, 5) is 4.72. The molecule has 3 rings (SSSR count). The van der Waals surface area contributed by atoms with Crippen molar-refractivity contribution in [2.24, 2.45) is 10.9 Å². The Kier molecular flexibility index (Phi) is 8.68. The molecule has 1 aliphatic heterocycles. The van der Waals surface area contributed by atoms with Crippen LogP contribution in [0.2, 0.25) is 5.02 Å². The van der Waals surface area contributed by atoms with Gasteiger partial charge >= 0.3 is 0 Å². The minimum Gasteiger partial charge on any atom is -0.354 e. The van der Waals surface area contributed by atoms with E-state index in [4.69, 9.17) is 16.6 Å². The van der Waals surface area contributed by atoms with Crippen LogP contribution >= 0.6 is 35.6 Å². The maximum absolute atomic E-state index is 11.7. The first-order valence-corrected chi connectivity index (χ1v) is 11.6. The van der Waals surface area contributed by atoms with Gasteiger partial charge in [0.15, 0.2) is 15.8 Å². The molecule has 0 aromatic heterocycles. The summed E-state index contributed by atoms with van der Waals surface area (Å²) in [6.07, 6.45) is 5.52. The summed E-state index contributed by atoms with van der Waals surface area (Å²) < 4.78 is 23.3. The van der Waals surface area contributed by atoms with E-state index in [9.17, 15) is 8.42 Å². The third-order valence-electron chi connectivity index (χ3n) is 5.23. The highest BCUT2D eigenvalue weighted by Gasteiger charge is 2.28. The van der Waals surface area contributed by atoms with Crippen molar-refractivity contribution in [3.8, 4) is 0 Å². The molecule has 27 heavy (non-hydrogen) atoms. The molecule has 2 fully saturated rings. The molecule has 2 aliphatic rings. The Hall–Kier alpha value is -0.540. The van der Waals surface area contributed by atoms with E-state index in [1.54, 1.807) is 0 Å². The first-order valence-electron chi connectivity index (χ1n) is 9.45. The molecular formula is C19H29ClIN3O2S. The zero-order chi connectivity index (χ0) is 18.6. The van der Waals surface area contributed by atoms with Gasteiger partial charge in [0.2, 0.25) is 0 Å². The van der Waals surface area contributed by atoms with Gasteiger partial charge in [0, 0.05) is 17.6 Å². The second kappa shape index (κ2) is 10.3. The van der Waals surface area contributed by atoms with Crippen molar-refractivity contribution in [1.82, 2.24) is 10.6 Å². The zero-order valence-corrected chi connectivity index (χ0v) is 19.6. The number of aliphatic imine (C=N–C) groups is 1. The summed E-state index contributed by atoms with van der Waals surface area (Å²) in [5.41, 5.74) is 1.10. The fourth-order valence-electron chi connectivity index (χ4n) is 3.70. The summed E-state index contributed by atoms with van der Waals surface area (Å²) in [5.74, 6) is 1.46. The van der Waals surface area contributed by atoms with E-state index in [2.05, 4.69) is 17.6 Å². The lowest BCUT2D eigenvalue weighted by Crippen LogP contribution is -2.43. The largest absolute Gasteiger partial charge is 0.354 e. The van der Waals surface area contributed by atoms with Gasteiger partial charge in [-0.3, -0.25) is 4.99 Å². The van der Waals surface area contributed by atoms with Gasteiger partial charge in [-0.1, -0.05) is 36.6 Å². The second-order valence-electron chi connectivity index (χ2n) is 7.51. The van der Waals surface area contributed by atoms with Crippen LogP contribution in [-0.4, -0.2) is 38.5 Å². The smallest absolute Gasteiger partial charge is 0.191 e. The number of sulfone groups is 1. The van der Waals surface area contributed by atoms with Crippen LogP contribution in [0.3, 0.4) is 0 Å². The number of nitrogens with zero attached hydrogens (tertiary/aromatic N) is 1. The van der Waals surface area contributed by atoms with Crippen LogP contribution in [0.25, 0.3) is 0 Å².